The van der Waals surface area contributed by atoms with Crippen LogP contribution in [0.4, 0.5) is 0 Å². The van der Waals surface area contributed by atoms with Crippen LogP contribution < -0.4 is 54.0 Å². The maximum Gasteiger partial charge on any atom is 0.303 e. The van der Waals surface area contributed by atoms with Gasteiger partial charge in [0.05, 0.1) is 32.2 Å². The molecule has 1 heterocycles. The van der Waals surface area contributed by atoms with Gasteiger partial charge in [0, 0.05) is 25.3 Å². The number of nitrogens with two attached hydrogens (primary N) is 2. The van der Waals surface area contributed by atoms with E-state index in [0.717, 1.165) is 58.3 Å². The minimum Gasteiger partial charge on any atom is -0.508 e. The second-order valence-corrected chi connectivity index (χ2v) is 18.0. The van der Waals surface area contributed by atoms with Crippen molar-refractivity contribution in [1.29, 1.82) is 0 Å². The highest BCUT2D eigenvalue weighted by Gasteiger charge is 2.36. The third-order valence-electron chi connectivity index (χ3n) is 11.8. The van der Waals surface area contributed by atoms with Crippen molar-refractivity contribution in [2.75, 3.05) is 13.2 Å². The van der Waals surface area contributed by atoms with Crippen LogP contribution in [0.5, 0.6) is 5.75 Å². The fourth-order valence-corrected chi connectivity index (χ4v) is 7.71. The summed E-state index contributed by atoms with van der Waals surface area (Å²) in [6.45, 7) is 0.947. The molecule has 26 nitrogen and oxygen atoms in total. The Morgan fingerprint density at radius 3 is 1.48 bits per heavy atom. The first-order valence-corrected chi connectivity index (χ1v) is 24.5. The summed E-state index contributed by atoms with van der Waals surface area (Å²) in [5.74, 6) is -13.2. The number of carbonyl (C=O) groups excluding carboxylic acids is 10. The smallest absolute Gasteiger partial charge is 0.303 e. The van der Waals surface area contributed by atoms with Crippen LogP contribution >= 0.6 is 0 Å². The number of aliphatic hydroxyl groups excluding tert-OH is 3. The van der Waals surface area contributed by atoms with Gasteiger partial charge in [0.25, 0.3) is 0 Å². The fourth-order valence-electron chi connectivity index (χ4n) is 7.71. The number of carboxylic acid groups (broad SMARTS) is 1. The van der Waals surface area contributed by atoms with Crippen molar-refractivity contribution in [2.24, 2.45) is 11.5 Å². The van der Waals surface area contributed by atoms with Crippen molar-refractivity contribution >= 4 is 65.0 Å². The summed E-state index contributed by atoms with van der Waals surface area (Å²) in [5, 5.41) is 68.6. The number of amides is 10. The molecule has 0 bridgehead atoms. The Labute approximate surface area is 422 Å². The highest BCUT2D eigenvalue weighted by Crippen LogP contribution is 2.15. The first-order valence-electron chi connectivity index (χ1n) is 24.5. The van der Waals surface area contributed by atoms with Crippen molar-refractivity contribution in [2.45, 2.75) is 177 Å². The number of hydrogen-bond donors (Lipinski definition) is 15. The summed E-state index contributed by atoms with van der Waals surface area (Å²) in [6.07, 6.45) is 4.03. The molecular weight excluding hydrogens is 961 g/mol. The number of aromatic hydroxyl groups is 1. The topological polar surface area (TPSA) is 437 Å². The number of phenolic OH excluding ortho intramolecular Hbond substituents is 1. The summed E-state index contributed by atoms with van der Waals surface area (Å²) in [4.78, 5) is 146. The standard InChI is InChI=1S/C47H74N10O16/c1-3-4-5-6-7-8-9-10-11-12-13-28-21-38(64)51-32(22-36(48)62)43(69)53-31(20-27-14-16-29(61)17-15-27)42(68)54-33(23-37(49)63)44(70)56-34(24-58)45(71)52-30(18-19-39(65)66)41(67)55-35(25-59)46(72)57-40(26(2)60)47(73)50-28/h14-17,26,28,30-35,40,58-61H,3-13,18-25H2,1-2H3,(H2,48,62)(H2,49,63)(H,50,73)(H,51,64)(H,52,71)(H,53,69)(H,54,68)(H,55,67)(H,56,70)(H,57,72)(H,65,66)/t26-,28?,30+,31-,32+,33-,34+,35-,40+/m0/s1. The van der Waals surface area contributed by atoms with Gasteiger partial charge in [-0.1, -0.05) is 83.3 Å². The van der Waals surface area contributed by atoms with E-state index in [1.54, 1.807) is 0 Å². The summed E-state index contributed by atoms with van der Waals surface area (Å²) in [7, 11) is 0. The van der Waals surface area contributed by atoms with E-state index in [4.69, 9.17) is 11.5 Å². The molecule has 1 aliphatic rings. The molecule has 26 heteroatoms. The molecule has 1 aromatic carbocycles. The van der Waals surface area contributed by atoms with Crippen LogP contribution in [0, 0.1) is 0 Å². The molecule has 1 unspecified atom stereocenters. The molecule has 0 aliphatic carbocycles. The van der Waals surface area contributed by atoms with E-state index in [2.05, 4.69) is 49.5 Å². The molecule has 1 fully saturated rings. The third kappa shape index (κ3) is 23.9. The van der Waals surface area contributed by atoms with Gasteiger partial charge in [-0.05, 0) is 37.5 Å². The molecule has 0 aromatic heterocycles. The molecule has 0 radical (unpaired) electrons. The van der Waals surface area contributed by atoms with E-state index in [9.17, 15) is 78.3 Å². The normalized spacial score (nSPS) is 23.8. The van der Waals surface area contributed by atoms with E-state index < -0.39 is 165 Å². The number of carbonyl (C=O) groups is 11. The highest BCUT2D eigenvalue weighted by molar-refractivity contribution is 5.99. The molecule has 0 saturated carbocycles. The Balaban J connectivity index is 2.69. The lowest BCUT2D eigenvalue weighted by molar-refractivity contribution is -0.139. The van der Waals surface area contributed by atoms with Gasteiger partial charge in [-0.3, -0.25) is 52.7 Å². The Morgan fingerprint density at radius 1 is 0.562 bits per heavy atom. The van der Waals surface area contributed by atoms with E-state index in [0.29, 0.717) is 18.4 Å². The fraction of sp³-hybridized carbons (Fsp3) is 0.638. The number of unbranched alkanes of at least 4 members (excludes halogenated alkanes) is 9. The lowest BCUT2D eigenvalue weighted by atomic mass is 10.0. The molecule has 1 saturated heterocycles. The van der Waals surface area contributed by atoms with Gasteiger partial charge in [-0.2, -0.15) is 0 Å². The van der Waals surface area contributed by atoms with Crippen molar-refractivity contribution in [3.63, 3.8) is 0 Å². The second-order valence-electron chi connectivity index (χ2n) is 18.0. The SMILES string of the molecule is CCCCCCCCCCCCC1CC(=O)N[C@H](CC(N)=O)C(=O)N[C@@H](Cc2ccc(O)cc2)C(=O)N[C@@H](CC(N)=O)C(=O)N[C@H](CO)C(=O)N[C@H](CCC(=O)O)C(=O)N[C@@H](CO)C(=O)N[C@H]([C@H](C)O)C(=O)N1. The predicted molar refractivity (Wildman–Crippen MR) is 259 cm³/mol. The van der Waals surface area contributed by atoms with E-state index in [1.807, 2.05) is 0 Å². The first kappa shape index (κ1) is 62.2. The Hall–Kier alpha value is -6.93. The number of nitrogens with one attached hydrogen (secondary N) is 8. The number of aliphatic hydroxyl groups is 3. The zero-order valence-corrected chi connectivity index (χ0v) is 41.3. The molecule has 1 aliphatic heterocycles. The molecule has 10 amide bonds. The molecule has 73 heavy (non-hydrogen) atoms. The monoisotopic (exact) mass is 1030 g/mol. The number of benzene rings is 1. The summed E-state index contributed by atoms with van der Waals surface area (Å²) in [5.41, 5.74) is 11.2. The average Bonchev–Trinajstić information content (AvgIpc) is 3.32. The Kier molecular flexibility index (Phi) is 28.0. The number of primary amides is 2. The van der Waals surface area contributed by atoms with Gasteiger partial charge in [0.15, 0.2) is 0 Å². The molecule has 1 aromatic rings. The maximum atomic E-state index is 14.1. The van der Waals surface area contributed by atoms with E-state index in [-0.39, 0.29) is 18.6 Å². The van der Waals surface area contributed by atoms with Crippen LogP contribution in [-0.2, 0) is 59.2 Å². The van der Waals surface area contributed by atoms with E-state index >= 15 is 0 Å². The predicted octanol–water partition coefficient (Wildman–Crippen LogP) is -3.49. The highest BCUT2D eigenvalue weighted by atomic mass is 16.4. The van der Waals surface area contributed by atoms with Crippen molar-refractivity contribution in [3.8, 4) is 5.75 Å². The zero-order valence-electron chi connectivity index (χ0n) is 41.3. The minimum absolute atomic E-state index is 0.160. The van der Waals surface area contributed by atoms with Gasteiger partial charge >= 0.3 is 5.97 Å². The van der Waals surface area contributed by atoms with E-state index in [1.165, 1.54) is 24.3 Å². The zero-order chi connectivity index (χ0) is 54.6. The van der Waals surface area contributed by atoms with Crippen molar-refractivity contribution in [3.05, 3.63) is 29.8 Å². The molecule has 2 rings (SSSR count). The van der Waals surface area contributed by atoms with Crippen LogP contribution in [0.15, 0.2) is 24.3 Å². The molecular formula is C47H74N10O16. The number of aliphatic carboxylic acids is 1. The van der Waals surface area contributed by atoms with Gasteiger partial charge in [0.1, 0.15) is 48.0 Å². The van der Waals surface area contributed by atoms with Crippen LogP contribution in [0.2, 0.25) is 0 Å². The maximum absolute atomic E-state index is 14.1. The first-order chi connectivity index (χ1) is 34.6. The van der Waals surface area contributed by atoms with Crippen LogP contribution in [-0.4, -0.2) is 158 Å². The van der Waals surface area contributed by atoms with Crippen molar-refractivity contribution < 1.29 is 78.3 Å². The lowest BCUT2D eigenvalue weighted by Gasteiger charge is -2.28. The Morgan fingerprint density at radius 2 is 0.986 bits per heavy atom. The largest absolute Gasteiger partial charge is 0.508 e. The molecule has 408 valence electrons. The van der Waals surface area contributed by atoms with Gasteiger partial charge in [0.2, 0.25) is 59.1 Å². The average molecular weight is 1040 g/mol. The summed E-state index contributed by atoms with van der Waals surface area (Å²) in [6, 6.07) is -8.61. The van der Waals surface area contributed by atoms with Gasteiger partial charge in [-0.15, -0.1) is 0 Å². The van der Waals surface area contributed by atoms with Crippen LogP contribution in [0.25, 0.3) is 0 Å². The van der Waals surface area contributed by atoms with Gasteiger partial charge in [-0.25, -0.2) is 0 Å². The Bertz CT molecular complexity index is 2040. The minimum atomic E-state index is -1.98. The molecule has 17 N–H and O–H groups in total. The summed E-state index contributed by atoms with van der Waals surface area (Å²) >= 11 is 0. The number of hydrogen-bond acceptors (Lipinski definition) is 15. The molecule has 9 atom stereocenters. The third-order valence-corrected chi connectivity index (χ3v) is 11.8. The number of phenols is 1. The van der Waals surface area contributed by atoms with Crippen LogP contribution in [0.1, 0.15) is 122 Å². The second kappa shape index (κ2) is 32.9. The summed E-state index contributed by atoms with van der Waals surface area (Å²) < 4.78 is 0. The number of rotatable bonds is 23. The lowest BCUT2D eigenvalue weighted by Crippen LogP contribution is -2.62. The quantitative estimate of drug-likeness (QED) is 0.0473. The van der Waals surface area contributed by atoms with Crippen LogP contribution in [0.3, 0.4) is 0 Å². The number of carboxylic acids is 1. The van der Waals surface area contributed by atoms with Crippen molar-refractivity contribution in [1.82, 2.24) is 42.5 Å². The van der Waals surface area contributed by atoms with Gasteiger partial charge < -0.3 is 79.5 Å². The molecule has 0 spiro atoms.